The molecule has 2 heteroatoms. The van der Waals surface area contributed by atoms with Crippen LogP contribution in [0.15, 0.2) is 0 Å². The standard InChI is InChI=1S/C10H14N2/c1-2-8-9-6-3-4-7(5-6)10(9)12-11-8/h6-7H,2-5H2,1H3,(H,11,12). The molecule has 1 aromatic rings. The van der Waals surface area contributed by atoms with Crippen LogP contribution in [0, 0.1) is 0 Å². The minimum atomic E-state index is 0.807. The second-order valence-corrected chi connectivity index (χ2v) is 4.06. The summed E-state index contributed by atoms with van der Waals surface area (Å²) >= 11 is 0. The molecule has 2 unspecified atom stereocenters. The van der Waals surface area contributed by atoms with Crippen molar-refractivity contribution in [3.8, 4) is 0 Å². The van der Waals surface area contributed by atoms with Crippen molar-refractivity contribution in [1.82, 2.24) is 10.2 Å². The molecule has 2 aliphatic carbocycles. The summed E-state index contributed by atoms with van der Waals surface area (Å²) in [5, 5.41) is 7.60. The highest BCUT2D eigenvalue weighted by molar-refractivity contribution is 5.39. The Morgan fingerprint density at radius 2 is 2.25 bits per heavy atom. The van der Waals surface area contributed by atoms with Gasteiger partial charge in [-0.2, -0.15) is 5.10 Å². The Bertz CT molecular complexity index is 314. The van der Waals surface area contributed by atoms with Gasteiger partial charge in [0, 0.05) is 11.6 Å². The molecule has 2 nitrogen and oxygen atoms in total. The third-order valence-corrected chi connectivity index (χ3v) is 3.49. The molecule has 2 bridgehead atoms. The molecule has 0 spiro atoms. The first-order valence-corrected chi connectivity index (χ1v) is 4.97. The van der Waals surface area contributed by atoms with Gasteiger partial charge in [0.2, 0.25) is 0 Å². The first-order valence-electron chi connectivity index (χ1n) is 4.97. The molecule has 2 aliphatic rings. The van der Waals surface area contributed by atoms with Crippen LogP contribution < -0.4 is 0 Å². The maximum absolute atomic E-state index is 4.43. The van der Waals surface area contributed by atoms with Gasteiger partial charge in [-0.15, -0.1) is 0 Å². The van der Waals surface area contributed by atoms with Crippen molar-refractivity contribution in [2.75, 3.05) is 0 Å². The fourth-order valence-corrected chi connectivity index (χ4v) is 2.93. The van der Waals surface area contributed by atoms with Gasteiger partial charge < -0.3 is 0 Å². The Kier molecular flexibility index (Phi) is 1.18. The molecule has 1 N–H and O–H groups in total. The van der Waals surface area contributed by atoms with Crippen LogP contribution in [0.4, 0.5) is 0 Å². The molecule has 0 aromatic carbocycles. The van der Waals surface area contributed by atoms with Gasteiger partial charge in [0.05, 0.1) is 5.69 Å². The zero-order chi connectivity index (χ0) is 8.13. The lowest BCUT2D eigenvalue weighted by Crippen LogP contribution is -1.97. The molecule has 1 saturated carbocycles. The van der Waals surface area contributed by atoms with Gasteiger partial charge in [-0.1, -0.05) is 6.92 Å². The summed E-state index contributed by atoms with van der Waals surface area (Å²) in [7, 11) is 0. The van der Waals surface area contributed by atoms with Crippen molar-refractivity contribution in [3.63, 3.8) is 0 Å². The van der Waals surface area contributed by atoms with Crippen molar-refractivity contribution in [3.05, 3.63) is 17.0 Å². The SMILES string of the molecule is CCc1[nH]nc2c1C1CCC2C1. The number of fused-ring (bicyclic) bond motifs is 5. The van der Waals surface area contributed by atoms with Gasteiger partial charge in [-0.3, -0.25) is 5.10 Å². The number of hydrogen-bond donors (Lipinski definition) is 1. The smallest absolute Gasteiger partial charge is 0.0690 e. The normalized spacial score (nSPS) is 31.1. The first-order chi connectivity index (χ1) is 5.90. The Labute approximate surface area is 72.4 Å². The van der Waals surface area contributed by atoms with Crippen LogP contribution in [0.1, 0.15) is 55.0 Å². The fourth-order valence-electron chi connectivity index (χ4n) is 2.93. The summed E-state index contributed by atoms with van der Waals surface area (Å²) in [4.78, 5) is 0. The van der Waals surface area contributed by atoms with Crippen molar-refractivity contribution >= 4 is 0 Å². The molecule has 0 radical (unpaired) electrons. The molecule has 64 valence electrons. The van der Waals surface area contributed by atoms with Gasteiger partial charge in [-0.25, -0.2) is 0 Å². The number of aromatic amines is 1. The molecular formula is C10H14N2. The summed E-state index contributed by atoms with van der Waals surface area (Å²) in [6.07, 6.45) is 5.29. The maximum atomic E-state index is 4.43. The van der Waals surface area contributed by atoms with Crippen LogP contribution in [0.2, 0.25) is 0 Å². The molecule has 12 heavy (non-hydrogen) atoms. The average molecular weight is 162 g/mol. The highest BCUT2D eigenvalue weighted by atomic mass is 15.1. The van der Waals surface area contributed by atoms with Crippen molar-refractivity contribution in [2.45, 2.75) is 44.4 Å². The molecule has 1 heterocycles. The van der Waals surface area contributed by atoms with Gasteiger partial charge in [0.15, 0.2) is 0 Å². The van der Waals surface area contributed by atoms with Crippen LogP contribution in [-0.2, 0) is 6.42 Å². The van der Waals surface area contributed by atoms with Gasteiger partial charge in [0.25, 0.3) is 0 Å². The summed E-state index contributed by atoms with van der Waals surface area (Å²) in [5.41, 5.74) is 4.40. The van der Waals surface area contributed by atoms with E-state index in [1.54, 1.807) is 5.56 Å². The van der Waals surface area contributed by atoms with Crippen molar-refractivity contribution in [1.29, 1.82) is 0 Å². The Balaban J connectivity index is 2.16. The second-order valence-electron chi connectivity index (χ2n) is 4.06. The van der Waals surface area contributed by atoms with Crippen LogP contribution in [0.3, 0.4) is 0 Å². The third kappa shape index (κ3) is 0.637. The summed E-state index contributed by atoms with van der Waals surface area (Å²) in [6.45, 7) is 2.21. The largest absolute Gasteiger partial charge is 0.282 e. The molecule has 0 aliphatic heterocycles. The lowest BCUT2D eigenvalue weighted by molar-refractivity contribution is 0.700. The first kappa shape index (κ1) is 6.70. The van der Waals surface area contributed by atoms with Crippen LogP contribution in [0.25, 0.3) is 0 Å². The van der Waals surface area contributed by atoms with E-state index >= 15 is 0 Å². The van der Waals surface area contributed by atoms with E-state index in [-0.39, 0.29) is 0 Å². The van der Waals surface area contributed by atoms with Crippen LogP contribution >= 0.6 is 0 Å². The van der Waals surface area contributed by atoms with E-state index in [0.29, 0.717) is 0 Å². The topological polar surface area (TPSA) is 28.7 Å². The summed E-state index contributed by atoms with van der Waals surface area (Å²) in [5.74, 6) is 1.67. The number of aromatic nitrogens is 2. The van der Waals surface area contributed by atoms with Crippen molar-refractivity contribution < 1.29 is 0 Å². The fraction of sp³-hybridized carbons (Fsp3) is 0.700. The number of nitrogens with one attached hydrogen (secondary N) is 1. The highest BCUT2D eigenvalue weighted by Crippen LogP contribution is 2.53. The van der Waals surface area contributed by atoms with Gasteiger partial charge >= 0.3 is 0 Å². The van der Waals surface area contributed by atoms with E-state index in [1.807, 2.05) is 0 Å². The average Bonchev–Trinajstić information content (AvgIpc) is 2.76. The lowest BCUT2D eigenvalue weighted by atomic mass is 9.95. The Morgan fingerprint density at radius 1 is 1.42 bits per heavy atom. The molecule has 3 rings (SSSR count). The number of H-pyrrole nitrogens is 1. The number of hydrogen-bond acceptors (Lipinski definition) is 1. The minimum absolute atomic E-state index is 0.807. The van der Waals surface area contributed by atoms with E-state index < -0.39 is 0 Å². The molecular weight excluding hydrogens is 148 g/mol. The molecule has 1 fully saturated rings. The number of nitrogens with zero attached hydrogens (tertiary/aromatic N) is 1. The van der Waals surface area contributed by atoms with Crippen LogP contribution in [-0.4, -0.2) is 10.2 Å². The predicted octanol–water partition coefficient (Wildman–Crippen LogP) is 2.34. The molecule has 2 atom stereocenters. The summed E-state index contributed by atoms with van der Waals surface area (Å²) < 4.78 is 0. The molecule has 1 aromatic heterocycles. The van der Waals surface area contributed by atoms with E-state index in [4.69, 9.17) is 0 Å². The minimum Gasteiger partial charge on any atom is -0.282 e. The molecule has 0 saturated heterocycles. The quantitative estimate of drug-likeness (QED) is 0.674. The Morgan fingerprint density at radius 3 is 3.08 bits per heavy atom. The predicted molar refractivity (Wildman–Crippen MR) is 47.3 cm³/mol. The van der Waals surface area contributed by atoms with E-state index in [2.05, 4.69) is 17.1 Å². The van der Waals surface area contributed by atoms with Crippen molar-refractivity contribution in [2.24, 2.45) is 0 Å². The maximum Gasteiger partial charge on any atom is 0.0690 e. The number of aryl methyl sites for hydroxylation is 1. The Hall–Kier alpha value is -0.790. The van der Waals surface area contributed by atoms with Gasteiger partial charge in [0.1, 0.15) is 0 Å². The van der Waals surface area contributed by atoms with E-state index in [0.717, 1.165) is 18.3 Å². The third-order valence-electron chi connectivity index (χ3n) is 3.49. The lowest BCUT2D eigenvalue weighted by Gasteiger charge is -2.09. The van der Waals surface area contributed by atoms with Gasteiger partial charge in [-0.05, 0) is 37.2 Å². The number of rotatable bonds is 1. The van der Waals surface area contributed by atoms with Crippen LogP contribution in [0.5, 0.6) is 0 Å². The van der Waals surface area contributed by atoms with E-state index in [1.165, 1.54) is 30.7 Å². The van der Waals surface area contributed by atoms with E-state index in [9.17, 15) is 0 Å². The summed E-state index contributed by atoms with van der Waals surface area (Å²) in [6, 6.07) is 0. The monoisotopic (exact) mass is 162 g/mol. The zero-order valence-corrected chi connectivity index (χ0v) is 7.43. The highest BCUT2D eigenvalue weighted by Gasteiger charge is 2.40. The zero-order valence-electron chi connectivity index (χ0n) is 7.43. The molecule has 0 amide bonds. The second kappa shape index (κ2) is 2.12.